The monoisotopic (exact) mass is 351 g/mol. The van der Waals surface area contributed by atoms with Crippen molar-refractivity contribution >= 4 is 33.0 Å². The van der Waals surface area contributed by atoms with Gasteiger partial charge in [-0.1, -0.05) is 0 Å². The lowest BCUT2D eigenvalue weighted by Crippen LogP contribution is -2.26. The highest BCUT2D eigenvalue weighted by molar-refractivity contribution is 7.89. The van der Waals surface area contributed by atoms with Crippen molar-refractivity contribution in [1.29, 1.82) is 0 Å². The molecule has 8 heteroatoms. The van der Waals surface area contributed by atoms with Crippen molar-refractivity contribution in [2.45, 2.75) is 31.7 Å². The summed E-state index contributed by atoms with van der Waals surface area (Å²) in [5, 5.41) is 0.904. The Hall–Kier alpha value is -1.77. The van der Waals surface area contributed by atoms with Crippen LogP contribution in [0.5, 0.6) is 0 Å². The molecule has 2 aromatic rings. The van der Waals surface area contributed by atoms with Gasteiger partial charge in [0.05, 0.1) is 9.90 Å². The van der Waals surface area contributed by atoms with Gasteiger partial charge in [-0.15, -0.1) is 11.3 Å². The molecule has 1 aliphatic heterocycles. The Labute approximate surface area is 139 Å². The number of hydrogen-bond donors (Lipinski definition) is 1. The Kier molecular flexibility index (Phi) is 4.22. The average molecular weight is 351 g/mol. The molecule has 0 atom stereocenters. The molecular formula is C15H17N3O3S2. The van der Waals surface area contributed by atoms with E-state index in [1.54, 1.807) is 29.3 Å². The number of anilines is 1. The summed E-state index contributed by atoms with van der Waals surface area (Å²) in [7, 11) is -3.58. The predicted molar refractivity (Wildman–Crippen MR) is 89.0 cm³/mol. The standard InChI is InChI=1S/C15H17N3O3S2/c1-10-16-8-13(22-10)9-17-23(20,21)14-3-4-15-12(7-14)5-6-18(15)11(2)19/h3-4,7-8,17H,5-6,9H2,1-2H3. The Morgan fingerprint density at radius 1 is 1.43 bits per heavy atom. The summed E-state index contributed by atoms with van der Waals surface area (Å²) in [6.45, 7) is 4.22. The number of amides is 1. The number of carbonyl (C=O) groups is 1. The Bertz CT molecular complexity index is 859. The second kappa shape index (κ2) is 6.03. The second-order valence-electron chi connectivity index (χ2n) is 5.38. The van der Waals surface area contributed by atoms with Crippen LogP contribution >= 0.6 is 11.3 Å². The minimum absolute atomic E-state index is 0.0296. The minimum atomic E-state index is -3.58. The maximum Gasteiger partial charge on any atom is 0.240 e. The summed E-state index contributed by atoms with van der Waals surface area (Å²) in [6.07, 6.45) is 2.35. The third kappa shape index (κ3) is 3.29. The van der Waals surface area contributed by atoms with E-state index in [1.807, 2.05) is 6.92 Å². The number of fused-ring (bicyclic) bond motifs is 1. The maximum atomic E-state index is 12.4. The molecular weight excluding hydrogens is 334 g/mol. The number of aryl methyl sites for hydroxylation is 1. The molecule has 0 aliphatic carbocycles. The quantitative estimate of drug-likeness (QED) is 0.911. The normalized spacial score (nSPS) is 14.1. The zero-order valence-corrected chi connectivity index (χ0v) is 14.5. The smallest absolute Gasteiger partial charge is 0.240 e. The van der Waals surface area contributed by atoms with Crippen molar-refractivity contribution in [3.05, 3.63) is 39.8 Å². The lowest BCUT2D eigenvalue weighted by molar-refractivity contribution is -0.116. The van der Waals surface area contributed by atoms with Gasteiger partial charge in [-0.3, -0.25) is 4.79 Å². The number of nitrogens with zero attached hydrogens (tertiary/aromatic N) is 2. The van der Waals surface area contributed by atoms with E-state index in [0.717, 1.165) is 21.1 Å². The summed E-state index contributed by atoms with van der Waals surface area (Å²) in [6, 6.07) is 4.90. The molecule has 0 saturated heterocycles. The van der Waals surface area contributed by atoms with E-state index in [4.69, 9.17) is 0 Å². The molecule has 3 rings (SSSR count). The lowest BCUT2D eigenvalue weighted by Gasteiger charge is -2.15. The van der Waals surface area contributed by atoms with Crippen LogP contribution < -0.4 is 9.62 Å². The molecule has 0 unspecified atom stereocenters. The van der Waals surface area contributed by atoms with Crippen LogP contribution in [0.15, 0.2) is 29.3 Å². The van der Waals surface area contributed by atoms with Gasteiger partial charge in [-0.05, 0) is 37.1 Å². The fourth-order valence-corrected chi connectivity index (χ4v) is 4.49. The van der Waals surface area contributed by atoms with Gasteiger partial charge in [0.15, 0.2) is 0 Å². The SMILES string of the molecule is CC(=O)N1CCc2cc(S(=O)(=O)NCc3cnc(C)s3)ccc21. The summed E-state index contributed by atoms with van der Waals surface area (Å²) in [5.74, 6) is -0.0296. The summed E-state index contributed by atoms with van der Waals surface area (Å²) >= 11 is 1.47. The van der Waals surface area contributed by atoms with E-state index in [1.165, 1.54) is 18.3 Å². The highest BCUT2D eigenvalue weighted by Crippen LogP contribution is 2.30. The first kappa shape index (κ1) is 16.1. The summed E-state index contributed by atoms with van der Waals surface area (Å²) in [5.41, 5.74) is 1.69. The van der Waals surface area contributed by atoms with E-state index in [9.17, 15) is 13.2 Å². The average Bonchev–Trinajstić information content (AvgIpc) is 3.10. The molecule has 1 aromatic heterocycles. The molecule has 122 valence electrons. The molecule has 23 heavy (non-hydrogen) atoms. The first-order chi connectivity index (χ1) is 10.9. The van der Waals surface area contributed by atoms with Crippen LogP contribution in [-0.4, -0.2) is 25.9 Å². The lowest BCUT2D eigenvalue weighted by atomic mass is 10.2. The van der Waals surface area contributed by atoms with Gasteiger partial charge in [0.25, 0.3) is 0 Å². The molecule has 1 aromatic carbocycles. The number of benzene rings is 1. The first-order valence-electron chi connectivity index (χ1n) is 7.19. The molecule has 0 fully saturated rings. The zero-order chi connectivity index (χ0) is 16.6. The van der Waals surface area contributed by atoms with Crippen molar-refractivity contribution in [3.63, 3.8) is 0 Å². The van der Waals surface area contributed by atoms with Crippen molar-refractivity contribution in [2.24, 2.45) is 0 Å². The first-order valence-corrected chi connectivity index (χ1v) is 9.49. The number of carbonyl (C=O) groups excluding carboxylic acids is 1. The molecule has 1 aliphatic rings. The number of nitrogens with one attached hydrogen (secondary N) is 1. The van der Waals surface area contributed by atoms with E-state index in [2.05, 4.69) is 9.71 Å². The van der Waals surface area contributed by atoms with Gasteiger partial charge in [-0.2, -0.15) is 0 Å². The number of sulfonamides is 1. The highest BCUT2D eigenvalue weighted by Gasteiger charge is 2.24. The van der Waals surface area contributed by atoms with E-state index < -0.39 is 10.0 Å². The second-order valence-corrected chi connectivity index (χ2v) is 8.47. The largest absolute Gasteiger partial charge is 0.312 e. The third-order valence-corrected chi connectivity index (χ3v) is 6.05. The maximum absolute atomic E-state index is 12.4. The Balaban J connectivity index is 1.80. The highest BCUT2D eigenvalue weighted by atomic mass is 32.2. The van der Waals surface area contributed by atoms with Crippen molar-refractivity contribution in [2.75, 3.05) is 11.4 Å². The third-order valence-electron chi connectivity index (χ3n) is 3.74. The van der Waals surface area contributed by atoms with Crippen molar-refractivity contribution < 1.29 is 13.2 Å². The van der Waals surface area contributed by atoms with Gasteiger partial charge in [0.1, 0.15) is 0 Å². The number of aromatic nitrogens is 1. The molecule has 1 amide bonds. The van der Waals surface area contributed by atoms with Gasteiger partial charge in [0.2, 0.25) is 15.9 Å². The summed E-state index contributed by atoms with van der Waals surface area (Å²) < 4.78 is 27.4. The molecule has 6 nitrogen and oxygen atoms in total. The molecule has 0 radical (unpaired) electrons. The van der Waals surface area contributed by atoms with Crippen LogP contribution in [0.3, 0.4) is 0 Å². The molecule has 0 bridgehead atoms. The van der Waals surface area contributed by atoms with Gasteiger partial charge >= 0.3 is 0 Å². The molecule has 1 N–H and O–H groups in total. The van der Waals surface area contributed by atoms with Gasteiger partial charge in [-0.25, -0.2) is 18.1 Å². The zero-order valence-electron chi connectivity index (χ0n) is 12.9. The summed E-state index contributed by atoms with van der Waals surface area (Å²) in [4.78, 5) is 18.4. The number of thiazole rings is 1. The van der Waals surface area contributed by atoms with Crippen LogP contribution in [0.1, 0.15) is 22.4 Å². The Morgan fingerprint density at radius 3 is 2.87 bits per heavy atom. The van der Waals surface area contributed by atoms with Crippen LogP contribution in [0, 0.1) is 6.92 Å². The molecule has 2 heterocycles. The van der Waals surface area contributed by atoms with E-state index in [0.29, 0.717) is 13.0 Å². The van der Waals surface area contributed by atoms with Crippen LogP contribution in [0.2, 0.25) is 0 Å². The van der Waals surface area contributed by atoms with Gasteiger partial charge < -0.3 is 4.90 Å². The number of hydrogen-bond acceptors (Lipinski definition) is 5. The van der Waals surface area contributed by atoms with Crippen LogP contribution in [0.4, 0.5) is 5.69 Å². The van der Waals surface area contributed by atoms with Crippen LogP contribution in [-0.2, 0) is 27.8 Å². The number of rotatable bonds is 4. The van der Waals surface area contributed by atoms with Gasteiger partial charge in [0, 0.05) is 36.8 Å². The van der Waals surface area contributed by atoms with Crippen molar-refractivity contribution in [1.82, 2.24) is 9.71 Å². The topological polar surface area (TPSA) is 79.4 Å². The fraction of sp³-hybridized carbons (Fsp3) is 0.333. The molecule has 0 saturated carbocycles. The fourth-order valence-electron chi connectivity index (χ4n) is 2.61. The Morgan fingerprint density at radius 2 is 2.22 bits per heavy atom. The minimum Gasteiger partial charge on any atom is -0.312 e. The van der Waals surface area contributed by atoms with E-state index in [-0.39, 0.29) is 17.3 Å². The van der Waals surface area contributed by atoms with Crippen molar-refractivity contribution in [3.8, 4) is 0 Å². The van der Waals surface area contributed by atoms with Crippen LogP contribution in [0.25, 0.3) is 0 Å². The predicted octanol–water partition coefficient (Wildman–Crippen LogP) is 1.84. The molecule has 0 spiro atoms. The van der Waals surface area contributed by atoms with E-state index >= 15 is 0 Å².